The second-order valence-corrected chi connectivity index (χ2v) is 10.3. The second kappa shape index (κ2) is 8.44. The van der Waals surface area contributed by atoms with E-state index in [1.807, 2.05) is 25.3 Å². The van der Waals surface area contributed by atoms with Gasteiger partial charge in [0.25, 0.3) is 0 Å². The van der Waals surface area contributed by atoms with E-state index in [9.17, 15) is 8.42 Å². The molecule has 29 heavy (non-hydrogen) atoms. The van der Waals surface area contributed by atoms with E-state index in [2.05, 4.69) is 17.9 Å². The quantitative estimate of drug-likeness (QED) is 0.735. The molecule has 2 saturated heterocycles. The van der Waals surface area contributed by atoms with Crippen molar-refractivity contribution in [2.24, 2.45) is 0 Å². The van der Waals surface area contributed by atoms with Crippen LogP contribution in [0.25, 0.3) is 0 Å². The van der Waals surface area contributed by atoms with E-state index in [4.69, 9.17) is 4.98 Å². The predicted molar refractivity (Wildman–Crippen MR) is 117 cm³/mol. The number of aromatic nitrogens is 1. The Bertz CT molecular complexity index is 951. The van der Waals surface area contributed by atoms with Gasteiger partial charge in [0, 0.05) is 25.8 Å². The molecule has 0 unspecified atom stereocenters. The fraction of sp³-hybridized carbons (Fsp3) is 0.522. The third-order valence-corrected chi connectivity index (χ3v) is 8.12. The van der Waals surface area contributed by atoms with Crippen molar-refractivity contribution in [3.8, 4) is 0 Å². The van der Waals surface area contributed by atoms with Crippen LogP contribution in [0.2, 0.25) is 0 Å². The minimum atomic E-state index is -3.52. The SMILES string of the molecule is Cc1ccc(S(=O)(=O)N2CCCC[C@@H]2c2cnc(N3CCCCC3)c(C)c2)cc1. The van der Waals surface area contributed by atoms with Crippen molar-refractivity contribution in [2.45, 2.75) is 63.3 Å². The highest BCUT2D eigenvalue weighted by molar-refractivity contribution is 7.89. The molecule has 6 heteroatoms. The van der Waals surface area contributed by atoms with Gasteiger partial charge in [0.05, 0.1) is 10.9 Å². The molecule has 2 aliphatic heterocycles. The normalized spacial score (nSPS) is 21.3. The van der Waals surface area contributed by atoms with E-state index in [1.165, 1.54) is 19.3 Å². The zero-order valence-corrected chi connectivity index (χ0v) is 18.3. The minimum Gasteiger partial charge on any atom is -0.356 e. The Kier molecular flexibility index (Phi) is 5.93. The molecule has 0 aliphatic carbocycles. The summed E-state index contributed by atoms with van der Waals surface area (Å²) in [6.45, 7) is 6.75. The fourth-order valence-electron chi connectivity index (χ4n) is 4.58. The van der Waals surface area contributed by atoms with E-state index in [0.717, 1.165) is 54.9 Å². The number of nitrogens with zero attached hydrogens (tertiary/aromatic N) is 3. The van der Waals surface area contributed by atoms with Crippen molar-refractivity contribution < 1.29 is 8.42 Å². The largest absolute Gasteiger partial charge is 0.356 e. The summed E-state index contributed by atoms with van der Waals surface area (Å²) < 4.78 is 28.5. The zero-order chi connectivity index (χ0) is 20.4. The Morgan fingerprint density at radius 3 is 2.31 bits per heavy atom. The monoisotopic (exact) mass is 413 g/mol. The number of hydrogen-bond acceptors (Lipinski definition) is 4. The summed E-state index contributed by atoms with van der Waals surface area (Å²) >= 11 is 0. The summed E-state index contributed by atoms with van der Waals surface area (Å²) in [5, 5.41) is 0. The highest BCUT2D eigenvalue weighted by atomic mass is 32.2. The summed E-state index contributed by atoms with van der Waals surface area (Å²) in [4.78, 5) is 7.53. The Morgan fingerprint density at radius 1 is 0.931 bits per heavy atom. The molecule has 156 valence electrons. The average molecular weight is 414 g/mol. The van der Waals surface area contributed by atoms with Crippen LogP contribution in [-0.2, 0) is 10.0 Å². The van der Waals surface area contributed by atoms with Crippen LogP contribution in [0.3, 0.4) is 0 Å². The van der Waals surface area contributed by atoms with E-state index < -0.39 is 10.0 Å². The number of sulfonamides is 1. The van der Waals surface area contributed by atoms with Crippen LogP contribution in [0.1, 0.15) is 61.3 Å². The van der Waals surface area contributed by atoms with Crippen molar-refractivity contribution >= 4 is 15.8 Å². The standard InChI is InChI=1S/C23H31N3O2S/c1-18-9-11-21(12-10-18)29(27,28)26-15-7-4-8-22(26)20-16-19(2)23(24-17-20)25-13-5-3-6-14-25/h9-12,16-17,22H,3-8,13-15H2,1-2H3/t22-/m1/s1. The van der Waals surface area contributed by atoms with Gasteiger partial charge in [0.1, 0.15) is 5.82 Å². The molecular weight excluding hydrogens is 382 g/mol. The number of anilines is 1. The maximum Gasteiger partial charge on any atom is 0.243 e. The number of pyridine rings is 1. The first-order valence-electron chi connectivity index (χ1n) is 10.8. The molecule has 0 amide bonds. The summed E-state index contributed by atoms with van der Waals surface area (Å²) in [7, 11) is -3.52. The van der Waals surface area contributed by atoms with Gasteiger partial charge < -0.3 is 4.90 Å². The Labute approximate surface area is 174 Å². The van der Waals surface area contributed by atoms with Crippen LogP contribution in [0.5, 0.6) is 0 Å². The molecule has 0 spiro atoms. The second-order valence-electron chi connectivity index (χ2n) is 8.40. The third kappa shape index (κ3) is 4.19. The van der Waals surface area contributed by atoms with Gasteiger partial charge in [-0.25, -0.2) is 13.4 Å². The van der Waals surface area contributed by atoms with Gasteiger partial charge in [-0.05, 0) is 75.3 Å². The van der Waals surface area contributed by atoms with Crippen LogP contribution in [-0.4, -0.2) is 37.3 Å². The van der Waals surface area contributed by atoms with E-state index >= 15 is 0 Å². The highest BCUT2D eigenvalue weighted by Crippen LogP contribution is 2.36. The van der Waals surface area contributed by atoms with E-state index in [1.54, 1.807) is 16.4 Å². The summed E-state index contributed by atoms with van der Waals surface area (Å²) in [5.74, 6) is 1.05. The molecule has 0 radical (unpaired) electrons. The van der Waals surface area contributed by atoms with Crippen LogP contribution < -0.4 is 4.90 Å². The van der Waals surface area contributed by atoms with Crippen molar-refractivity contribution in [2.75, 3.05) is 24.5 Å². The van der Waals surface area contributed by atoms with Crippen LogP contribution in [0.4, 0.5) is 5.82 Å². The first-order chi connectivity index (χ1) is 14.0. The first-order valence-corrected chi connectivity index (χ1v) is 12.2. The van der Waals surface area contributed by atoms with Crippen molar-refractivity contribution in [3.63, 3.8) is 0 Å². The molecule has 3 heterocycles. The molecule has 5 nitrogen and oxygen atoms in total. The van der Waals surface area contributed by atoms with Gasteiger partial charge in [-0.2, -0.15) is 4.31 Å². The van der Waals surface area contributed by atoms with Crippen LogP contribution in [0.15, 0.2) is 41.4 Å². The number of benzene rings is 1. The zero-order valence-electron chi connectivity index (χ0n) is 17.5. The lowest BCUT2D eigenvalue weighted by atomic mass is 9.97. The van der Waals surface area contributed by atoms with Gasteiger partial charge >= 0.3 is 0 Å². The number of aryl methyl sites for hydroxylation is 2. The Balaban J connectivity index is 1.63. The molecule has 1 atom stereocenters. The van der Waals surface area contributed by atoms with Gasteiger partial charge in [0.2, 0.25) is 10.0 Å². The maximum absolute atomic E-state index is 13.4. The summed E-state index contributed by atoms with van der Waals surface area (Å²) in [6, 6.07) is 9.19. The van der Waals surface area contributed by atoms with Gasteiger partial charge in [0.15, 0.2) is 0 Å². The number of piperidine rings is 2. The van der Waals surface area contributed by atoms with Crippen LogP contribution >= 0.6 is 0 Å². The lowest BCUT2D eigenvalue weighted by molar-refractivity contribution is 0.255. The molecule has 1 aromatic heterocycles. The first kappa shape index (κ1) is 20.4. The Morgan fingerprint density at radius 2 is 1.62 bits per heavy atom. The summed E-state index contributed by atoms with van der Waals surface area (Å²) in [5.41, 5.74) is 3.22. The van der Waals surface area contributed by atoms with Gasteiger partial charge in [-0.3, -0.25) is 0 Å². The molecule has 2 fully saturated rings. The smallest absolute Gasteiger partial charge is 0.243 e. The molecule has 0 bridgehead atoms. The number of rotatable bonds is 4. The average Bonchev–Trinajstić information content (AvgIpc) is 2.74. The van der Waals surface area contributed by atoms with Gasteiger partial charge in [-0.15, -0.1) is 0 Å². The number of hydrogen-bond donors (Lipinski definition) is 0. The van der Waals surface area contributed by atoms with Crippen molar-refractivity contribution in [1.82, 2.24) is 9.29 Å². The molecule has 4 rings (SSSR count). The predicted octanol–water partition coefficient (Wildman–Crippen LogP) is 4.60. The van der Waals surface area contributed by atoms with Crippen molar-refractivity contribution in [1.29, 1.82) is 0 Å². The molecule has 0 N–H and O–H groups in total. The highest BCUT2D eigenvalue weighted by Gasteiger charge is 2.34. The molecule has 2 aliphatic rings. The summed E-state index contributed by atoms with van der Waals surface area (Å²) in [6.07, 6.45) is 8.42. The van der Waals surface area contributed by atoms with Gasteiger partial charge in [-0.1, -0.05) is 24.1 Å². The van der Waals surface area contributed by atoms with Crippen LogP contribution in [0, 0.1) is 13.8 Å². The molecule has 0 saturated carbocycles. The fourth-order valence-corrected chi connectivity index (χ4v) is 6.26. The van der Waals surface area contributed by atoms with E-state index in [0.29, 0.717) is 11.4 Å². The van der Waals surface area contributed by atoms with Crippen molar-refractivity contribution in [3.05, 3.63) is 53.2 Å². The topological polar surface area (TPSA) is 53.5 Å². The lowest BCUT2D eigenvalue weighted by Crippen LogP contribution is -2.38. The third-order valence-electron chi connectivity index (χ3n) is 6.19. The molecule has 1 aromatic carbocycles. The Hall–Kier alpha value is -1.92. The molecular formula is C23H31N3O2S. The lowest BCUT2D eigenvalue weighted by Gasteiger charge is -2.35. The minimum absolute atomic E-state index is 0.142. The maximum atomic E-state index is 13.4. The molecule has 2 aromatic rings. The van der Waals surface area contributed by atoms with E-state index in [-0.39, 0.29) is 6.04 Å².